The molecule has 2 N–H and O–H groups in total. The molecule has 8 heteroatoms. The first-order valence-electron chi connectivity index (χ1n) is 12.0. The molecule has 0 bridgehead atoms. The Kier molecular flexibility index (Phi) is 9.55. The van der Waals surface area contributed by atoms with E-state index in [1.54, 1.807) is 11.0 Å². The molecule has 2 aliphatic rings. The van der Waals surface area contributed by atoms with Gasteiger partial charge in [0.25, 0.3) is 5.91 Å². The van der Waals surface area contributed by atoms with Gasteiger partial charge in [-0.2, -0.15) is 0 Å². The minimum absolute atomic E-state index is 0.0120. The lowest BCUT2D eigenvalue weighted by Crippen LogP contribution is -2.37. The van der Waals surface area contributed by atoms with Crippen LogP contribution in [0.3, 0.4) is 0 Å². The van der Waals surface area contributed by atoms with Crippen LogP contribution in [0.5, 0.6) is 11.5 Å². The summed E-state index contributed by atoms with van der Waals surface area (Å²) in [5.41, 5.74) is 0.802. The van der Waals surface area contributed by atoms with Crippen molar-refractivity contribution in [3.05, 3.63) is 47.6 Å². The summed E-state index contributed by atoms with van der Waals surface area (Å²) in [4.78, 5) is 32.3. The average Bonchev–Trinajstić information content (AvgIpc) is 2.81. The van der Waals surface area contributed by atoms with Crippen LogP contribution in [0.2, 0.25) is 0 Å². The highest BCUT2D eigenvalue weighted by Gasteiger charge is 2.21. The average molecular weight is 471 g/mol. The Labute approximate surface area is 200 Å². The number of amides is 1. The second kappa shape index (κ2) is 12.8. The van der Waals surface area contributed by atoms with Gasteiger partial charge in [-0.05, 0) is 62.1 Å². The van der Waals surface area contributed by atoms with Gasteiger partial charge in [0.05, 0.1) is 12.3 Å². The van der Waals surface area contributed by atoms with Gasteiger partial charge in [-0.3, -0.25) is 4.79 Å². The molecule has 0 aliphatic carbocycles. The molecule has 2 heterocycles. The maximum Gasteiger partial charge on any atom is 0.342 e. The first-order chi connectivity index (χ1) is 16.4. The van der Waals surface area contributed by atoms with Crippen LogP contribution in [-0.4, -0.2) is 59.0 Å². The molecule has 1 saturated heterocycles. The number of carbonyl (C=O) groups is 2. The number of esters is 1. The van der Waals surface area contributed by atoms with Gasteiger partial charge in [-0.1, -0.05) is 30.3 Å². The zero-order chi connectivity index (χ0) is 24.3. The zero-order valence-corrected chi connectivity index (χ0v) is 19.7. The van der Waals surface area contributed by atoms with Gasteiger partial charge >= 0.3 is 5.97 Å². The largest absolute Gasteiger partial charge is 0.508 e. The molecule has 8 nitrogen and oxygen atoms in total. The number of likely N-dealkylation sites (tertiary alicyclic amines) is 1. The summed E-state index contributed by atoms with van der Waals surface area (Å²) < 4.78 is 5.35. The van der Waals surface area contributed by atoms with E-state index in [4.69, 9.17) is 9.57 Å². The molecule has 1 amide bonds. The van der Waals surface area contributed by atoms with Gasteiger partial charge in [0, 0.05) is 25.6 Å². The van der Waals surface area contributed by atoms with Gasteiger partial charge in [0.15, 0.2) is 6.61 Å². The van der Waals surface area contributed by atoms with E-state index in [9.17, 15) is 19.8 Å². The number of fused-ring (bicyclic) bond motifs is 1. The molecule has 0 spiro atoms. The molecule has 1 atom stereocenters. The number of phenols is 2. The first kappa shape index (κ1) is 25.3. The van der Waals surface area contributed by atoms with Crippen LogP contribution in [0.15, 0.2) is 41.6 Å². The van der Waals surface area contributed by atoms with Crippen LogP contribution in [0.25, 0.3) is 0 Å². The smallest absolute Gasteiger partial charge is 0.342 e. The van der Waals surface area contributed by atoms with Gasteiger partial charge in [0.1, 0.15) is 17.1 Å². The number of oxime groups is 1. The Hall–Kier alpha value is -3.29. The first-order valence-corrected chi connectivity index (χ1v) is 12.0. The normalized spacial score (nSPS) is 23.2. The summed E-state index contributed by atoms with van der Waals surface area (Å²) in [6, 6.07) is 2.51. The monoisotopic (exact) mass is 470 g/mol. The van der Waals surface area contributed by atoms with Gasteiger partial charge in [-0.25, -0.2) is 4.79 Å². The quantitative estimate of drug-likeness (QED) is 0.391. The Morgan fingerprint density at radius 1 is 1.18 bits per heavy atom. The maximum atomic E-state index is 12.7. The van der Waals surface area contributed by atoms with Crippen LogP contribution in [0, 0.1) is 5.92 Å². The molecule has 2 aliphatic heterocycles. The number of nitrogens with zero attached hydrogens (tertiary/aromatic N) is 2. The second-order valence-electron chi connectivity index (χ2n) is 8.79. The van der Waals surface area contributed by atoms with E-state index in [0.717, 1.165) is 51.3 Å². The van der Waals surface area contributed by atoms with Crippen molar-refractivity contribution in [1.82, 2.24) is 4.90 Å². The molecule has 1 fully saturated rings. The summed E-state index contributed by atoms with van der Waals surface area (Å²) in [6.45, 7) is 3.63. The van der Waals surface area contributed by atoms with Crippen LogP contribution in [0.1, 0.15) is 61.4 Å². The highest BCUT2D eigenvalue weighted by atomic mass is 16.6. The molecular formula is C26H34N2O6. The number of carbonyl (C=O) groups excluding carboxylic acids is 2. The van der Waals surface area contributed by atoms with Crippen molar-refractivity contribution in [3.8, 4) is 11.5 Å². The van der Waals surface area contributed by atoms with Gasteiger partial charge in [-0.15, -0.1) is 0 Å². The number of rotatable bonds is 3. The molecule has 1 aromatic rings. The SMILES string of the molecule is CC1/C=C/CCCOC(=O)c2c(O)cc(O)cc2CC(=NOCC(=O)N2CCCCC2)/C=C/C1. The number of hydrogen-bond donors (Lipinski definition) is 2. The molecule has 184 valence electrons. The van der Waals surface area contributed by atoms with E-state index in [1.807, 2.05) is 6.08 Å². The Morgan fingerprint density at radius 2 is 1.97 bits per heavy atom. The molecule has 1 aromatic carbocycles. The third-order valence-electron chi connectivity index (χ3n) is 5.87. The van der Waals surface area contributed by atoms with Crippen LogP contribution >= 0.6 is 0 Å². The zero-order valence-electron chi connectivity index (χ0n) is 19.7. The highest BCUT2D eigenvalue weighted by molar-refractivity contribution is 6.00. The fourth-order valence-corrected chi connectivity index (χ4v) is 4.03. The third kappa shape index (κ3) is 7.64. The Balaban J connectivity index is 1.83. The van der Waals surface area contributed by atoms with Crippen molar-refractivity contribution >= 4 is 17.6 Å². The van der Waals surface area contributed by atoms with Gasteiger partial charge in [0.2, 0.25) is 0 Å². The lowest BCUT2D eigenvalue weighted by Gasteiger charge is -2.26. The molecule has 0 radical (unpaired) electrons. The van der Waals surface area contributed by atoms with Crippen molar-refractivity contribution in [2.45, 2.75) is 51.9 Å². The summed E-state index contributed by atoms with van der Waals surface area (Å²) in [5, 5.41) is 24.5. The van der Waals surface area contributed by atoms with Crippen molar-refractivity contribution in [3.63, 3.8) is 0 Å². The van der Waals surface area contributed by atoms with Crippen molar-refractivity contribution < 1.29 is 29.4 Å². The van der Waals surface area contributed by atoms with E-state index in [-0.39, 0.29) is 42.6 Å². The maximum absolute atomic E-state index is 12.7. The summed E-state index contributed by atoms with van der Waals surface area (Å²) in [7, 11) is 0. The van der Waals surface area contributed by atoms with Crippen molar-refractivity contribution in [1.29, 1.82) is 0 Å². The molecule has 0 aromatic heterocycles. The third-order valence-corrected chi connectivity index (χ3v) is 5.87. The molecule has 34 heavy (non-hydrogen) atoms. The lowest BCUT2D eigenvalue weighted by atomic mass is 9.99. The van der Waals surface area contributed by atoms with E-state index in [2.05, 4.69) is 24.2 Å². The number of allylic oxidation sites excluding steroid dienone is 4. The number of aromatic hydroxyl groups is 2. The number of phenolic OH excluding ortho intramolecular Hbond substituents is 2. The summed E-state index contributed by atoms with van der Waals surface area (Å²) in [6.07, 6.45) is 13.4. The van der Waals surface area contributed by atoms with Crippen molar-refractivity contribution in [2.24, 2.45) is 11.1 Å². The molecule has 1 unspecified atom stereocenters. The van der Waals surface area contributed by atoms with E-state index < -0.39 is 5.97 Å². The van der Waals surface area contributed by atoms with E-state index >= 15 is 0 Å². The fraction of sp³-hybridized carbons (Fsp3) is 0.500. The lowest BCUT2D eigenvalue weighted by molar-refractivity contribution is -0.137. The fourth-order valence-electron chi connectivity index (χ4n) is 4.03. The number of cyclic esters (lactones) is 1. The summed E-state index contributed by atoms with van der Waals surface area (Å²) in [5.74, 6) is -0.994. The highest BCUT2D eigenvalue weighted by Crippen LogP contribution is 2.29. The minimum Gasteiger partial charge on any atom is -0.508 e. The van der Waals surface area contributed by atoms with Crippen LogP contribution in [-0.2, 0) is 20.8 Å². The Bertz CT molecular complexity index is 947. The predicted molar refractivity (Wildman–Crippen MR) is 129 cm³/mol. The number of ether oxygens (including phenoxy) is 1. The number of benzene rings is 1. The standard InChI is InChI=1S/C26H34N2O6/c1-19-9-4-2-7-14-33-26(32)25-20(16-22(29)17-23(25)30)15-21(11-8-10-19)27-34-18-24(31)28-12-5-3-6-13-28/h4,8-9,11,16-17,19,29-30H,2-3,5-7,10,12-15,18H2,1H3/b9-4+,11-8+,27-21?. The summed E-state index contributed by atoms with van der Waals surface area (Å²) >= 11 is 0. The minimum atomic E-state index is -0.663. The molecule has 0 saturated carbocycles. The van der Waals surface area contributed by atoms with Crippen molar-refractivity contribution in [2.75, 3.05) is 26.3 Å². The number of hydrogen-bond acceptors (Lipinski definition) is 7. The molecule has 3 rings (SSSR count). The van der Waals surface area contributed by atoms with E-state index in [0.29, 0.717) is 23.6 Å². The Morgan fingerprint density at radius 3 is 2.76 bits per heavy atom. The van der Waals surface area contributed by atoms with Crippen LogP contribution in [0.4, 0.5) is 0 Å². The molecular weight excluding hydrogens is 436 g/mol. The van der Waals surface area contributed by atoms with Gasteiger partial charge < -0.3 is 24.7 Å². The number of piperidine rings is 1. The second-order valence-corrected chi connectivity index (χ2v) is 8.79. The predicted octanol–water partition coefficient (Wildman–Crippen LogP) is 4.11. The topological polar surface area (TPSA) is 109 Å². The van der Waals surface area contributed by atoms with E-state index in [1.165, 1.54) is 6.07 Å². The van der Waals surface area contributed by atoms with Crippen LogP contribution < -0.4 is 0 Å².